The number of rotatable bonds is 5. The van der Waals surface area contributed by atoms with Crippen molar-refractivity contribution in [2.45, 2.75) is 13.0 Å². The van der Waals surface area contributed by atoms with Crippen LogP contribution in [0.3, 0.4) is 0 Å². The number of nitrogens with one attached hydrogen (secondary N) is 2. The van der Waals surface area contributed by atoms with Crippen LogP contribution in [-0.4, -0.2) is 36.6 Å². The van der Waals surface area contributed by atoms with E-state index in [9.17, 15) is 4.79 Å². The van der Waals surface area contributed by atoms with Crippen LogP contribution in [-0.2, 0) is 4.79 Å². The summed E-state index contributed by atoms with van der Waals surface area (Å²) in [6, 6.07) is 7.31. The van der Waals surface area contributed by atoms with Crippen LogP contribution < -0.4 is 15.4 Å². The molecule has 5 nitrogen and oxygen atoms in total. The van der Waals surface area contributed by atoms with Gasteiger partial charge in [-0.2, -0.15) is 0 Å². The summed E-state index contributed by atoms with van der Waals surface area (Å²) in [4.78, 5) is 14.1. The van der Waals surface area contributed by atoms with Gasteiger partial charge in [-0.05, 0) is 36.8 Å². The molecule has 1 amide bonds. The lowest BCUT2D eigenvalue weighted by molar-refractivity contribution is -0.125. The molecule has 0 aliphatic carbocycles. The highest BCUT2D eigenvalue weighted by Gasteiger charge is 2.30. The molecule has 0 saturated carbocycles. The molecule has 1 atom stereocenters. The van der Waals surface area contributed by atoms with E-state index in [1.54, 1.807) is 25.1 Å². The number of nitrogens with zero attached hydrogens (tertiary/aromatic N) is 1. The van der Waals surface area contributed by atoms with Gasteiger partial charge in [0.25, 0.3) is 5.91 Å². The Morgan fingerprint density at radius 3 is 2.87 bits per heavy atom. The summed E-state index contributed by atoms with van der Waals surface area (Å²) in [5.74, 6) is 0.662. The molecule has 0 radical (unpaired) electrons. The third kappa shape index (κ3) is 3.90. The number of likely N-dealkylation sites (N-methyl/N-ethyl adjacent to an activating group) is 1. The first-order valence-electron chi connectivity index (χ1n) is 7.27. The molecule has 23 heavy (non-hydrogen) atoms. The van der Waals surface area contributed by atoms with Gasteiger partial charge in [0, 0.05) is 19.8 Å². The average Bonchev–Trinajstić information content (AvgIpc) is 2.51. The lowest BCUT2D eigenvalue weighted by atomic mass is 9.94. The minimum atomic E-state index is -0.314. The molecular weight excluding hydrogens is 310 g/mol. The van der Waals surface area contributed by atoms with Crippen LogP contribution in [0.5, 0.6) is 5.75 Å². The van der Waals surface area contributed by atoms with E-state index >= 15 is 0 Å². The highest BCUT2D eigenvalue weighted by Crippen LogP contribution is 2.29. The summed E-state index contributed by atoms with van der Waals surface area (Å²) < 4.78 is 5.58. The van der Waals surface area contributed by atoms with Crippen molar-refractivity contribution in [2.75, 3.05) is 20.7 Å². The van der Waals surface area contributed by atoms with Crippen LogP contribution in [0.4, 0.5) is 0 Å². The Labute approximate surface area is 142 Å². The van der Waals surface area contributed by atoms with Gasteiger partial charge in [-0.15, -0.1) is 0 Å². The molecule has 0 saturated heterocycles. The molecule has 2 rings (SSSR count). The van der Waals surface area contributed by atoms with E-state index in [2.05, 4.69) is 17.2 Å². The van der Waals surface area contributed by atoms with Gasteiger partial charge in [0.2, 0.25) is 0 Å². The van der Waals surface area contributed by atoms with Crippen LogP contribution in [0.2, 0.25) is 0 Å². The van der Waals surface area contributed by atoms with Crippen molar-refractivity contribution in [1.82, 2.24) is 15.5 Å². The highest BCUT2D eigenvalue weighted by atomic mass is 32.1. The highest BCUT2D eigenvalue weighted by molar-refractivity contribution is 7.80. The molecule has 0 unspecified atom stereocenters. The van der Waals surface area contributed by atoms with Gasteiger partial charge >= 0.3 is 0 Å². The fraction of sp³-hybridized carbons (Fsp3) is 0.294. The van der Waals surface area contributed by atoms with E-state index in [-0.39, 0.29) is 11.9 Å². The fourth-order valence-electron chi connectivity index (χ4n) is 2.41. The predicted octanol–water partition coefficient (Wildman–Crippen LogP) is 2.13. The second kappa shape index (κ2) is 7.28. The molecular formula is C17H21N3O2S. The minimum Gasteiger partial charge on any atom is -0.490 e. The summed E-state index contributed by atoms with van der Waals surface area (Å²) >= 11 is 5.24. The number of carbonyl (C=O) groups is 1. The first-order chi connectivity index (χ1) is 10.9. The van der Waals surface area contributed by atoms with Gasteiger partial charge < -0.3 is 20.3 Å². The summed E-state index contributed by atoms with van der Waals surface area (Å²) in [7, 11) is 3.46. The van der Waals surface area contributed by atoms with E-state index in [4.69, 9.17) is 17.0 Å². The minimum absolute atomic E-state index is 0.0626. The molecule has 122 valence electrons. The van der Waals surface area contributed by atoms with Crippen LogP contribution in [0.15, 0.2) is 48.2 Å². The Morgan fingerprint density at radius 2 is 2.22 bits per heavy atom. The largest absolute Gasteiger partial charge is 0.490 e. The number of allylic oxidation sites excluding steroid dienone is 1. The molecule has 1 aromatic rings. The standard InChI is InChI=1S/C17H21N3O2S/c1-5-9-22-13-8-6-7-12(10-13)15-14(16(21)20(3)4)11(2)18-17(23)19-15/h5-8,10,15H,1,9H2,2-4H3,(H2,18,19,23)/t15-/m1/s1. The Hall–Kier alpha value is -2.34. The lowest BCUT2D eigenvalue weighted by Gasteiger charge is -2.31. The number of benzene rings is 1. The van der Waals surface area contributed by atoms with Crippen molar-refractivity contribution < 1.29 is 9.53 Å². The Kier molecular flexibility index (Phi) is 5.39. The number of amides is 1. The van der Waals surface area contributed by atoms with Crippen molar-refractivity contribution in [3.05, 3.63) is 53.8 Å². The number of hydrogen-bond donors (Lipinski definition) is 2. The smallest absolute Gasteiger partial charge is 0.253 e. The van der Waals surface area contributed by atoms with Gasteiger partial charge in [0.05, 0.1) is 11.6 Å². The third-order valence-corrected chi connectivity index (χ3v) is 3.68. The number of thiocarbonyl (C=S) groups is 1. The van der Waals surface area contributed by atoms with Crippen LogP contribution >= 0.6 is 12.2 Å². The molecule has 0 bridgehead atoms. The molecule has 2 N–H and O–H groups in total. The fourth-order valence-corrected chi connectivity index (χ4v) is 2.68. The Morgan fingerprint density at radius 1 is 1.48 bits per heavy atom. The molecule has 0 aromatic heterocycles. The molecule has 0 spiro atoms. The quantitative estimate of drug-likeness (QED) is 0.639. The Balaban J connectivity index is 2.42. The first kappa shape index (κ1) is 17.0. The van der Waals surface area contributed by atoms with Gasteiger partial charge in [0.1, 0.15) is 12.4 Å². The second-order valence-electron chi connectivity index (χ2n) is 5.44. The van der Waals surface area contributed by atoms with Crippen molar-refractivity contribution in [3.8, 4) is 5.75 Å². The summed E-state index contributed by atoms with van der Waals surface area (Å²) in [6.45, 7) is 5.93. The average molecular weight is 331 g/mol. The van der Waals surface area contributed by atoms with Gasteiger partial charge in [-0.3, -0.25) is 4.79 Å². The molecule has 6 heteroatoms. The Bertz CT molecular complexity index is 668. The van der Waals surface area contributed by atoms with Crippen LogP contribution in [0, 0.1) is 0 Å². The van der Waals surface area contributed by atoms with E-state index in [1.807, 2.05) is 31.2 Å². The zero-order valence-electron chi connectivity index (χ0n) is 13.6. The van der Waals surface area contributed by atoms with E-state index < -0.39 is 0 Å². The molecule has 1 aliphatic rings. The van der Waals surface area contributed by atoms with Gasteiger partial charge in [-0.1, -0.05) is 24.8 Å². The van der Waals surface area contributed by atoms with Gasteiger partial charge in [0.15, 0.2) is 5.11 Å². The van der Waals surface area contributed by atoms with Crippen LogP contribution in [0.25, 0.3) is 0 Å². The topological polar surface area (TPSA) is 53.6 Å². The van der Waals surface area contributed by atoms with Crippen molar-refractivity contribution >= 4 is 23.2 Å². The molecule has 1 aromatic carbocycles. The van der Waals surface area contributed by atoms with Crippen LogP contribution in [0.1, 0.15) is 18.5 Å². The lowest BCUT2D eigenvalue weighted by Crippen LogP contribution is -2.46. The summed E-state index contributed by atoms with van der Waals surface area (Å²) in [5, 5.41) is 6.69. The maximum Gasteiger partial charge on any atom is 0.253 e. The monoisotopic (exact) mass is 331 g/mol. The van der Waals surface area contributed by atoms with E-state index in [1.165, 1.54) is 0 Å². The number of hydrogen-bond acceptors (Lipinski definition) is 3. The molecule has 1 heterocycles. The van der Waals surface area contributed by atoms with E-state index in [0.29, 0.717) is 17.3 Å². The van der Waals surface area contributed by atoms with Crippen molar-refractivity contribution in [2.24, 2.45) is 0 Å². The SMILES string of the molecule is C=CCOc1cccc([C@H]2NC(=S)NC(C)=C2C(=O)N(C)C)c1. The summed E-state index contributed by atoms with van der Waals surface area (Å²) in [5.41, 5.74) is 2.32. The summed E-state index contributed by atoms with van der Waals surface area (Å²) in [6.07, 6.45) is 1.69. The maximum atomic E-state index is 12.6. The van der Waals surface area contributed by atoms with Crippen molar-refractivity contribution in [3.63, 3.8) is 0 Å². The van der Waals surface area contributed by atoms with Gasteiger partial charge in [-0.25, -0.2) is 0 Å². The zero-order valence-corrected chi connectivity index (χ0v) is 14.4. The molecule has 1 aliphatic heterocycles. The normalized spacial score (nSPS) is 17.2. The maximum absolute atomic E-state index is 12.6. The van der Waals surface area contributed by atoms with E-state index in [0.717, 1.165) is 17.0 Å². The molecule has 0 fully saturated rings. The predicted molar refractivity (Wildman–Crippen MR) is 95.1 cm³/mol. The third-order valence-electron chi connectivity index (χ3n) is 3.47. The number of ether oxygens (including phenoxy) is 1. The second-order valence-corrected chi connectivity index (χ2v) is 5.85. The van der Waals surface area contributed by atoms with Crippen molar-refractivity contribution in [1.29, 1.82) is 0 Å². The zero-order chi connectivity index (χ0) is 17.0. The first-order valence-corrected chi connectivity index (χ1v) is 7.68. The number of carbonyl (C=O) groups excluding carboxylic acids is 1.